The highest BCUT2D eigenvalue weighted by molar-refractivity contribution is 6.35. The van der Waals surface area contributed by atoms with E-state index in [0.29, 0.717) is 17.1 Å². The largest absolute Gasteiger partial charge is 0.455 e. The number of hydrazone groups is 1. The third kappa shape index (κ3) is 5.32. The fourth-order valence-electron chi connectivity index (χ4n) is 2.32. The summed E-state index contributed by atoms with van der Waals surface area (Å²) in [6, 6.07) is 12.6. The number of carbonyl (C=O) groups excluding carboxylic acids is 2. The van der Waals surface area contributed by atoms with Crippen molar-refractivity contribution in [3.63, 3.8) is 0 Å². The van der Waals surface area contributed by atoms with Crippen molar-refractivity contribution in [3.05, 3.63) is 82.4 Å². The van der Waals surface area contributed by atoms with E-state index < -0.39 is 16.7 Å². The van der Waals surface area contributed by atoms with Crippen LogP contribution in [-0.4, -0.2) is 27.9 Å². The van der Waals surface area contributed by atoms with Crippen molar-refractivity contribution in [3.8, 4) is 11.3 Å². The number of hydrogen-bond acceptors (Lipinski definition) is 7. The Kier molecular flexibility index (Phi) is 6.05. The predicted molar refractivity (Wildman–Crippen MR) is 103 cm³/mol. The van der Waals surface area contributed by atoms with Crippen LogP contribution in [0.2, 0.25) is 0 Å². The molecule has 3 aromatic rings. The monoisotopic (exact) mass is 393 g/mol. The van der Waals surface area contributed by atoms with Gasteiger partial charge in [-0.2, -0.15) is 5.10 Å². The van der Waals surface area contributed by atoms with Crippen molar-refractivity contribution < 1.29 is 18.9 Å². The Hall–Kier alpha value is -4.34. The van der Waals surface area contributed by atoms with E-state index in [2.05, 4.69) is 20.8 Å². The van der Waals surface area contributed by atoms with Crippen LogP contribution in [0, 0.1) is 10.1 Å². The van der Waals surface area contributed by atoms with Gasteiger partial charge in [-0.25, -0.2) is 5.43 Å². The minimum atomic E-state index is -0.930. The molecular weight excluding hydrogens is 378 g/mol. The average Bonchev–Trinajstić information content (AvgIpc) is 3.21. The maximum absolute atomic E-state index is 11.7. The first-order valence-corrected chi connectivity index (χ1v) is 8.38. The maximum atomic E-state index is 11.7. The number of nitrogens with zero attached hydrogens (tertiary/aromatic N) is 3. The third-order valence-electron chi connectivity index (χ3n) is 3.73. The summed E-state index contributed by atoms with van der Waals surface area (Å²) in [4.78, 5) is 37.7. The molecule has 146 valence electrons. The summed E-state index contributed by atoms with van der Waals surface area (Å²) in [5.41, 5.74) is 3.37. The molecule has 0 atom stereocenters. The molecule has 29 heavy (non-hydrogen) atoms. The summed E-state index contributed by atoms with van der Waals surface area (Å²) < 4.78 is 5.52. The van der Waals surface area contributed by atoms with Crippen molar-refractivity contribution in [2.24, 2.45) is 5.10 Å². The lowest BCUT2D eigenvalue weighted by atomic mass is 10.1. The molecule has 2 aromatic heterocycles. The van der Waals surface area contributed by atoms with Crippen molar-refractivity contribution in [2.45, 2.75) is 6.54 Å². The van der Waals surface area contributed by atoms with Gasteiger partial charge in [0, 0.05) is 36.6 Å². The summed E-state index contributed by atoms with van der Waals surface area (Å²) in [5.74, 6) is -1.07. The van der Waals surface area contributed by atoms with E-state index in [9.17, 15) is 19.7 Å². The molecular formula is C19H15N5O5. The van der Waals surface area contributed by atoms with Crippen molar-refractivity contribution >= 4 is 23.7 Å². The zero-order chi connectivity index (χ0) is 20.6. The fraction of sp³-hybridized carbons (Fsp3) is 0.0526. The number of non-ortho nitro benzene ring substituents is 1. The van der Waals surface area contributed by atoms with E-state index in [4.69, 9.17) is 4.42 Å². The quantitative estimate of drug-likeness (QED) is 0.284. The highest BCUT2D eigenvalue weighted by Gasteiger charge is 2.12. The zero-order valence-electron chi connectivity index (χ0n) is 14.9. The Morgan fingerprint density at radius 3 is 2.69 bits per heavy atom. The minimum absolute atomic E-state index is 0.0563. The number of furan rings is 1. The number of amides is 2. The molecule has 0 aliphatic rings. The highest BCUT2D eigenvalue weighted by atomic mass is 16.6. The van der Waals surface area contributed by atoms with Gasteiger partial charge in [-0.05, 0) is 29.8 Å². The zero-order valence-corrected chi connectivity index (χ0v) is 14.9. The second-order valence-corrected chi connectivity index (χ2v) is 5.75. The summed E-state index contributed by atoms with van der Waals surface area (Å²) >= 11 is 0. The number of nitrogens with one attached hydrogen (secondary N) is 2. The number of carbonyl (C=O) groups is 2. The molecule has 0 radical (unpaired) electrons. The first kappa shape index (κ1) is 19.4. The first-order chi connectivity index (χ1) is 14.0. The average molecular weight is 393 g/mol. The summed E-state index contributed by atoms with van der Waals surface area (Å²) in [6.45, 7) is 0.184. The summed E-state index contributed by atoms with van der Waals surface area (Å²) in [7, 11) is 0. The van der Waals surface area contributed by atoms with Gasteiger partial charge in [-0.1, -0.05) is 12.1 Å². The molecule has 0 aliphatic carbocycles. The van der Waals surface area contributed by atoms with Gasteiger partial charge in [0.15, 0.2) is 0 Å². The highest BCUT2D eigenvalue weighted by Crippen LogP contribution is 2.25. The van der Waals surface area contributed by atoms with E-state index in [1.807, 2.05) is 0 Å². The van der Waals surface area contributed by atoms with Gasteiger partial charge in [0.1, 0.15) is 11.5 Å². The van der Waals surface area contributed by atoms with Gasteiger partial charge in [0.05, 0.1) is 11.1 Å². The van der Waals surface area contributed by atoms with Crippen molar-refractivity contribution in [1.29, 1.82) is 0 Å². The molecule has 0 saturated heterocycles. The van der Waals surface area contributed by atoms with Crippen LogP contribution in [0.4, 0.5) is 5.69 Å². The van der Waals surface area contributed by atoms with Crippen molar-refractivity contribution in [2.75, 3.05) is 0 Å². The van der Waals surface area contributed by atoms with Gasteiger partial charge < -0.3 is 9.73 Å². The molecule has 0 bridgehead atoms. The van der Waals surface area contributed by atoms with Crippen LogP contribution in [0.3, 0.4) is 0 Å². The summed E-state index contributed by atoms with van der Waals surface area (Å²) in [6.07, 6.45) is 4.38. The molecule has 1 aromatic carbocycles. The normalized spacial score (nSPS) is 10.6. The van der Waals surface area contributed by atoms with Crippen LogP contribution in [0.15, 0.2) is 70.4 Å². The topological polar surface area (TPSA) is 140 Å². The number of aromatic nitrogens is 1. The molecule has 10 nitrogen and oxygen atoms in total. The Morgan fingerprint density at radius 1 is 1.14 bits per heavy atom. The number of nitro benzene ring substituents is 1. The molecule has 0 saturated carbocycles. The molecule has 2 N–H and O–H groups in total. The Bertz CT molecular complexity index is 1060. The minimum Gasteiger partial charge on any atom is -0.455 e. The van der Waals surface area contributed by atoms with E-state index in [-0.39, 0.29) is 12.2 Å². The molecule has 0 spiro atoms. The molecule has 2 heterocycles. The van der Waals surface area contributed by atoms with Gasteiger partial charge in [-0.3, -0.25) is 24.7 Å². The van der Waals surface area contributed by atoms with E-state index in [0.717, 1.165) is 5.56 Å². The Morgan fingerprint density at radius 2 is 1.93 bits per heavy atom. The number of rotatable bonds is 6. The van der Waals surface area contributed by atoms with E-state index in [1.54, 1.807) is 48.8 Å². The maximum Gasteiger partial charge on any atom is 0.329 e. The third-order valence-corrected chi connectivity index (χ3v) is 3.73. The molecule has 2 amide bonds. The molecule has 3 rings (SSSR count). The Labute approximate surface area is 164 Å². The molecule has 10 heteroatoms. The lowest BCUT2D eigenvalue weighted by Gasteiger charge is -2.03. The summed E-state index contributed by atoms with van der Waals surface area (Å²) in [5, 5.41) is 17.0. The molecule has 0 fully saturated rings. The van der Waals surface area contributed by atoms with Gasteiger partial charge in [0.2, 0.25) is 0 Å². The van der Waals surface area contributed by atoms with Gasteiger partial charge in [-0.15, -0.1) is 0 Å². The van der Waals surface area contributed by atoms with Crippen LogP contribution in [0.1, 0.15) is 11.3 Å². The lowest BCUT2D eigenvalue weighted by Crippen LogP contribution is -2.37. The van der Waals surface area contributed by atoms with E-state index >= 15 is 0 Å². The lowest BCUT2D eigenvalue weighted by molar-refractivity contribution is -0.384. The van der Waals surface area contributed by atoms with Gasteiger partial charge >= 0.3 is 11.8 Å². The second-order valence-electron chi connectivity index (χ2n) is 5.75. The van der Waals surface area contributed by atoms with E-state index in [1.165, 1.54) is 18.3 Å². The fourth-order valence-corrected chi connectivity index (χ4v) is 2.32. The standard InChI is InChI=1S/C19H15N5O5/c25-18(21-11-13-6-8-20-9-7-13)19(26)23-22-12-16-4-5-17(29-16)14-2-1-3-15(10-14)24(27)28/h1-10,12H,11H2,(H,21,25)(H,23,26). The first-order valence-electron chi connectivity index (χ1n) is 8.38. The van der Waals surface area contributed by atoms with Crippen LogP contribution < -0.4 is 10.7 Å². The van der Waals surface area contributed by atoms with Crippen LogP contribution in [0.5, 0.6) is 0 Å². The number of nitro groups is 1. The number of hydrogen-bond donors (Lipinski definition) is 2. The second kappa shape index (κ2) is 9.04. The van der Waals surface area contributed by atoms with Crippen LogP contribution >= 0.6 is 0 Å². The molecule has 0 aliphatic heterocycles. The van der Waals surface area contributed by atoms with Crippen LogP contribution in [-0.2, 0) is 16.1 Å². The number of benzene rings is 1. The van der Waals surface area contributed by atoms with Gasteiger partial charge in [0.25, 0.3) is 5.69 Å². The SMILES string of the molecule is O=C(NCc1ccncc1)C(=O)NN=Cc1ccc(-c2cccc([N+](=O)[O-])c2)o1. The number of pyridine rings is 1. The Balaban J connectivity index is 1.54. The smallest absolute Gasteiger partial charge is 0.329 e. The molecule has 0 unspecified atom stereocenters. The van der Waals surface area contributed by atoms with Crippen molar-refractivity contribution in [1.82, 2.24) is 15.7 Å². The predicted octanol–water partition coefficient (Wildman–Crippen LogP) is 2.02. The van der Waals surface area contributed by atoms with Crippen LogP contribution in [0.25, 0.3) is 11.3 Å².